The highest BCUT2D eigenvalue weighted by Gasteiger charge is 2.21. The molecule has 2 nitrogen and oxygen atoms in total. The van der Waals surface area contributed by atoms with Gasteiger partial charge in [0.25, 0.3) is 0 Å². The SMILES string of the molecule is CNC(c1csc2ccccc12)C(C)c1ccncc1. The molecule has 1 N–H and O–H groups in total. The fourth-order valence-corrected chi connectivity index (χ4v) is 3.77. The molecule has 3 rings (SSSR count). The van der Waals surface area contributed by atoms with Crippen LogP contribution in [0.15, 0.2) is 54.2 Å². The van der Waals surface area contributed by atoms with Crippen LogP contribution in [0.3, 0.4) is 0 Å². The van der Waals surface area contributed by atoms with Crippen LogP contribution in [-0.4, -0.2) is 12.0 Å². The number of thiophene rings is 1. The molecule has 2 aromatic heterocycles. The van der Waals surface area contributed by atoms with Gasteiger partial charge in [0, 0.05) is 29.1 Å². The summed E-state index contributed by atoms with van der Waals surface area (Å²) in [6.07, 6.45) is 3.73. The topological polar surface area (TPSA) is 24.9 Å². The monoisotopic (exact) mass is 282 g/mol. The molecule has 0 fully saturated rings. The highest BCUT2D eigenvalue weighted by Crippen LogP contribution is 2.37. The zero-order valence-corrected chi connectivity index (χ0v) is 12.5. The highest BCUT2D eigenvalue weighted by atomic mass is 32.1. The van der Waals surface area contributed by atoms with Gasteiger partial charge < -0.3 is 5.32 Å². The van der Waals surface area contributed by atoms with E-state index >= 15 is 0 Å². The van der Waals surface area contributed by atoms with Gasteiger partial charge in [0.2, 0.25) is 0 Å². The number of hydrogen-bond donors (Lipinski definition) is 1. The number of likely N-dealkylation sites (N-methyl/N-ethyl adjacent to an activating group) is 1. The van der Waals surface area contributed by atoms with Crippen molar-refractivity contribution in [2.45, 2.75) is 18.9 Å². The van der Waals surface area contributed by atoms with Gasteiger partial charge in [-0.25, -0.2) is 0 Å². The van der Waals surface area contributed by atoms with Crippen LogP contribution in [0, 0.1) is 0 Å². The van der Waals surface area contributed by atoms with Gasteiger partial charge in [0.1, 0.15) is 0 Å². The van der Waals surface area contributed by atoms with E-state index < -0.39 is 0 Å². The second kappa shape index (κ2) is 5.73. The Bertz CT molecular complexity index is 690. The Labute approximate surface area is 123 Å². The molecule has 1 aromatic carbocycles. The maximum absolute atomic E-state index is 4.11. The molecule has 0 aliphatic heterocycles. The second-order valence-electron chi connectivity index (χ2n) is 5.02. The number of aromatic nitrogens is 1. The molecule has 2 heterocycles. The van der Waals surface area contributed by atoms with E-state index in [1.807, 2.05) is 30.8 Å². The van der Waals surface area contributed by atoms with E-state index in [-0.39, 0.29) is 0 Å². The Hall–Kier alpha value is -1.71. The largest absolute Gasteiger partial charge is 0.312 e. The third kappa shape index (κ3) is 2.35. The van der Waals surface area contributed by atoms with E-state index in [1.165, 1.54) is 21.2 Å². The normalized spacial score (nSPS) is 14.3. The Balaban J connectivity index is 2.01. The van der Waals surface area contributed by atoms with Crippen molar-refractivity contribution < 1.29 is 0 Å². The van der Waals surface area contributed by atoms with Gasteiger partial charge in [0.15, 0.2) is 0 Å². The molecule has 0 spiro atoms. The fourth-order valence-electron chi connectivity index (χ4n) is 2.77. The first kappa shape index (κ1) is 13.3. The summed E-state index contributed by atoms with van der Waals surface area (Å²) in [5.74, 6) is 0.404. The maximum Gasteiger partial charge on any atom is 0.0398 e. The first-order valence-electron chi connectivity index (χ1n) is 6.84. The molecule has 0 saturated heterocycles. The molecule has 0 radical (unpaired) electrons. The Kier molecular flexibility index (Phi) is 3.81. The summed E-state index contributed by atoms with van der Waals surface area (Å²) < 4.78 is 1.35. The lowest BCUT2D eigenvalue weighted by Gasteiger charge is -2.24. The molecule has 0 saturated carbocycles. The van der Waals surface area contributed by atoms with E-state index in [2.05, 4.69) is 59.0 Å². The zero-order valence-electron chi connectivity index (χ0n) is 11.7. The van der Waals surface area contributed by atoms with Crippen LogP contribution in [0.2, 0.25) is 0 Å². The lowest BCUT2D eigenvalue weighted by Crippen LogP contribution is -2.22. The second-order valence-corrected chi connectivity index (χ2v) is 5.93. The van der Waals surface area contributed by atoms with E-state index in [1.54, 1.807) is 0 Å². The van der Waals surface area contributed by atoms with Crippen LogP contribution in [0.1, 0.15) is 30.0 Å². The summed E-state index contributed by atoms with van der Waals surface area (Å²) in [7, 11) is 2.04. The predicted octanol–water partition coefficient (Wildman–Crippen LogP) is 4.36. The van der Waals surface area contributed by atoms with Crippen molar-refractivity contribution >= 4 is 21.4 Å². The molecule has 0 bridgehead atoms. The van der Waals surface area contributed by atoms with Crippen molar-refractivity contribution in [2.75, 3.05) is 7.05 Å². The molecular weight excluding hydrogens is 264 g/mol. The lowest BCUT2D eigenvalue weighted by atomic mass is 9.89. The summed E-state index contributed by atoms with van der Waals surface area (Å²) in [5, 5.41) is 7.12. The quantitative estimate of drug-likeness (QED) is 0.769. The number of rotatable bonds is 4. The average molecular weight is 282 g/mol. The van der Waals surface area contributed by atoms with Gasteiger partial charge in [-0.2, -0.15) is 0 Å². The Morgan fingerprint density at radius 2 is 1.85 bits per heavy atom. The highest BCUT2D eigenvalue weighted by molar-refractivity contribution is 7.17. The molecule has 0 amide bonds. The standard InChI is InChI=1S/C17H18N2S/c1-12(13-7-9-19-10-8-13)17(18-2)15-11-20-16-6-4-3-5-14(15)16/h3-12,17-18H,1-2H3. The maximum atomic E-state index is 4.11. The summed E-state index contributed by atoms with van der Waals surface area (Å²) in [6, 6.07) is 13.1. The lowest BCUT2D eigenvalue weighted by molar-refractivity contribution is 0.512. The van der Waals surface area contributed by atoms with Crippen molar-refractivity contribution in [1.29, 1.82) is 0 Å². The number of nitrogens with one attached hydrogen (secondary N) is 1. The number of fused-ring (bicyclic) bond motifs is 1. The first-order valence-corrected chi connectivity index (χ1v) is 7.72. The summed E-state index contributed by atoms with van der Waals surface area (Å²) in [5.41, 5.74) is 2.70. The molecule has 2 unspecified atom stereocenters. The van der Waals surface area contributed by atoms with Crippen LogP contribution in [-0.2, 0) is 0 Å². The molecule has 102 valence electrons. The smallest absolute Gasteiger partial charge is 0.0398 e. The predicted molar refractivity (Wildman–Crippen MR) is 86.3 cm³/mol. The molecule has 3 heteroatoms. The van der Waals surface area contributed by atoms with Gasteiger partial charge in [-0.3, -0.25) is 4.98 Å². The minimum Gasteiger partial charge on any atom is -0.312 e. The van der Waals surface area contributed by atoms with Gasteiger partial charge in [-0.15, -0.1) is 11.3 Å². The minimum atomic E-state index is 0.313. The van der Waals surface area contributed by atoms with Crippen molar-refractivity contribution in [1.82, 2.24) is 10.3 Å². The van der Waals surface area contributed by atoms with Crippen LogP contribution in [0.4, 0.5) is 0 Å². The van der Waals surface area contributed by atoms with E-state index in [9.17, 15) is 0 Å². The fraction of sp³-hybridized carbons (Fsp3) is 0.235. The van der Waals surface area contributed by atoms with Crippen LogP contribution in [0.25, 0.3) is 10.1 Å². The molecule has 0 aliphatic carbocycles. The van der Waals surface area contributed by atoms with Crippen molar-refractivity contribution in [3.8, 4) is 0 Å². The summed E-state index contributed by atoms with van der Waals surface area (Å²) in [6.45, 7) is 2.27. The molecule has 20 heavy (non-hydrogen) atoms. The Morgan fingerprint density at radius 3 is 2.60 bits per heavy atom. The van der Waals surface area contributed by atoms with Gasteiger partial charge in [0.05, 0.1) is 0 Å². The van der Waals surface area contributed by atoms with Crippen LogP contribution < -0.4 is 5.32 Å². The summed E-state index contributed by atoms with van der Waals surface area (Å²) >= 11 is 1.82. The van der Waals surface area contributed by atoms with Crippen molar-refractivity contribution in [2.24, 2.45) is 0 Å². The third-order valence-electron chi connectivity index (χ3n) is 3.89. The number of pyridine rings is 1. The van der Waals surface area contributed by atoms with Crippen molar-refractivity contribution in [3.05, 3.63) is 65.3 Å². The Morgan fingerprint density at radius 1 is 1.10 bits per heavy atom. The number of hydrogen-bond acceptors (Lipinski definition) is 3. The van der Waals surface area contributed by atoms with Gasteiger partial charge in [-0.1, -0.05) is 25.1 Å². The van der Waals surface area contributed by atoms with Crippen LogP contribution in [0.5, 0.6) is 0 Å². The number of benzene rings is 1. The molecule has 2 atom stereocenters. The first-order chi connectivity index (χ1) is 9.81. The van der Waals surface area contributed by atoms with E-state index in [4.69, 9.17) is 0 Å². The molecule has 0 aliphatic rings. The van der Waals surface area contributed by atoms with E-state index in [0.29, 0.717) is 12.0 Å². The summed E-state index contributed by atoms with van der Waals surface area (Å²) in [4.78, 5) is 4.11. The third-order valence-corrected chi connectivity index (χ3v) is 4.87. The van der Waals surface area contributed by atoms with E-state index in [0.717, 1.165) is 0 Å². The average Bonchev–Trinajstić information content (AvgIpc) is 2.93. The minimum absolute atomic E-state index is 0.313. The zero-order chi connectivity index (χ0) is 13.9. The van der Waals surface area contributed by atoms with Gasteiger partial charge in [-0.05, 0) is 47.1 Å². The molecule has 3 aromatic rings. The van der Waals surface area contributed by atoms with Crippen LogP contribution >= 0.6 is 11.3 Å². The van der Waals surface area contributed by atoms with Gasteiger partial charge >= 0.3 is 0 Å². The molecular formula is C17H18N2S. The number of nitrogens with zero attached hydrogens (tertiary/aromatic N) is 1. The van der Waals surface area contributed by atoms with Crippen molar-refractivity contribution in [3.63, 3.8) is 0 Å².